The molecule has 0 atom stereocenters. The van der Waals surface area contributed by atoms with E-state index in [2.05, 4.69) is 22.2 Å². The van der Waals surface area contributed by atoms with Crippen molar-refractivity contribution in [2.45, 2.75) is 25.3 Å². The lowest BCUT2D eigenvalue weighted by atomic mass is 9.96. The molecule has 1 aliphatic heterocycles. The Morgan fingerprint density at radius 3 is 2.68 bits per heavy atom. The number of anilines is 1. The summed E-state index contributed by atoms with van der Waals surface area (Å²) >= 11 is 0. The predicted octanol–water partition coefficient (Wildman–Crippen LogP) is 5.26. The maximum atomic E-state index is 14.9. The third kappa shape index (κ3) is 5.40. The summed E-state index contributed by atoms with van der Waals surface area (Å²) in [6.07, 6.45) is 7.48. The number of pyridine rings is 1. The number of halogens is 1. The van der Waals surface area contributed by atoms with Gasteiger partial charge in [0.1, 0.15) is 11.5 Å². The number of rotatable bonds is 7. The minimum atomic E-state index is -0.607. The number of amides is 3. The maximum Gasteiger partial charge on any atom is 0.319 e. The summed E-state index contributed by atoms with van der Waals surface area (Å²) in [6.45, 7) is 4.60. The fourth-order valence-electron chi connectivity index (χ4n) is 4.26. The van der Waals surface area contributed by atoms with Gasteiger partial charge in [0.15, 0.2) is 11.6 Å². The van der Waals surface area contributed by atoms with Gasteiger partial charge in [0, 0.05) is 54.1 Å². The Morgan fingerprint density at radius 2 is 2.00 bits per heavy atom. The zero-order valence-electron chi connectivity index (χ0n) is 20.4. The maximum absolute atomic E-state index is 14.9. The van der Waals surface area contributed by atoms with Crippen LogP contribution in [0.2, 0.25) is 0 Å². The van der Waals surface area contributed by atoms with Crippen molar-refractivity contribution < 1.29 is 23.5 Å². The van der Waals surface area contributed by atoms with Crippen LogP contribution < -0.4 is 20.1 Å². The Balaban J connectivity index is 1.41. The molecule has 0 bridgehead atoms. The number of fused-ring (bicyclic) bond motifs is 1. The second-order valence-electron chi connectivity index (χ2n) is 8.97. The van der Waals surface area contributed by atoms with Gasteiger partial charge in [0.25, 0.3) is 0 Å². The van der Waals surface area contributed by atoms with Gasteiger partial charge in [-0.1, -0.05) is 12.7 Å². The van der Waals surface area contributed by atoms with Gasteiger partial charge in [-0.05, 0) is 55.2 Å². The summed E-state index contributed by atoms with van der Waals surface area (Å²) in [6, 6.07) is 9.56. The summed E-state index contributed by atoms with van der Waals surface area (Å²) in [5.74, 6) is 0.392. The second kappa shape index (κ2) is 10.3. The van der Waals surface area contributed by atoms with Crippen molar-refractivity contribution in [2.24, 2.45) is 0 Å². The molecule has 2 N–H and O–H groups in total. The van der Waals surface area contributed by atoms with Crippen molar-refractivity contribution in [2.75, 3.05) is 25.5 Å². The molecule has 37 heavy (non-hydrogen) atoms. The van der Waals surface area contributed by atoms with E-state index in [0.29, 0.717) is 47.6 Å². The van der Waals surface area contributed by atoms with Crippen LogP contribution in [0.25, 0.3) is 16.5 Å². The first-order valence-corrected chi connectivity index (χ1v) is 12.1. The molecule has 0 radical (unpaired) electrons. The normalized spacial score (nSPS) is 15.1. The molecule has 3 aromatic rings. The Hall–Kier alpha value is -4.40. The highest BCUT2D eigenvalue weighted by atomic mass is 19.1. The predicted molar refractivity (Wildman–Crippen MR) is 139 cm³/mol. The highest BCUT2D eigenvalue weighted by molar-refractivity contribution is 5.92. The highest BCUT2D eigenvalue weighted by Gasteiger charge is 2.23. The number of nitrogens with zero attached hydrogens (tertiary/aromatic N) is 2. The molecule has 8 nitrogen and oxygen atoms in total. The van der Waals surface area contributed by atoms with E-state index < -0.39 is 5.82 Å². The number of methoxy groups -OCH3 is 1. The fraction of sp³-hybridized carbons (Fsp3) is 0.250. The molecule has 1 fully saturated rings. The SMILES string of the molecule is C=CC(=O)N1CC=C(c2cc3c(Oc4ccc(NC(=O)NC5CC5)cc4F)ccnc3cc2OC)CC1. The number of benzene rings is 2. The summed E-state index contributed by atoms with van der Waals surface area (Å²) in [5, 5.41) is 6.13. The average molecular weight is 503 g/mol. The lowest BCUT2D eigenvalue weighted by Gasteiger charge is -2.26. The van der Waals surface area contributed by atoms with Gasteiger partial charge in [-0.2, -0.15) is 0 Å². The number of carbonyl (C=O) groups is 2. The van der Waals surface area contributed by atoms with Crippen LogP contribution >= 0.6 is 0 Å². The summed E-state index contributed by atoms with van der Waals surface area (Å²) in [5.41, 5.74) is 2.87. The van der Waals surface area contributed by atoms with Crippen LogP contribution in [0.5, 0.6) is 17.2 Å². The van der Waals surface area contributed by atoms with Crippen molar-refractivity contribution in [1.29, 1.82) is 0 Å². The molecular formula is C28H27FN4O4. The number of urea groups is 1. The third-order valence-corrected chi connectivity index (χ3v) is 6.39. The van der Waals surface area contributed by atoms with Gasteiger partial charge in [-0.15, -0.1) is 0 Å². The van der Waals surface area contributed by atoms with Gasteiger partial charge in [0.05, 0.1) is 12.6 Å². The number of hydrogen-bond acceptors (Lipinski definition) is 5. The van der Waals surface area contributed by atoms with Crippen molar-refractivity contribution in [3.63, 3.8) is 0 Å². The highest BCUT2D eigenvalue weighted by Crippen LogP contribution is 2.38. The van der Waals surface area contributed by atoms with Gasteiger partial charge >= 0.3 is 6.03 Å². The van der Waals surface area contributed by atoms with E-state index in [-0.39, 0.29) is 23.7 Å². The van der Waals surface area contributed by atoms with E-state index in [1.165, 1.54) is 18.2 Å². The van der Waals surface area contributed by atoms with Gasteiger partial charge in [0.2, 0.25) is 5.91 Å². The van der Waals surface area contributed by atoms with E-state index in [1.807, 2.05) is 18.2 Å². The number of ether oxygens (including phenoxy) is 2. The van der Waals surface area contributed by atoms with Crippen LogP contribution in [0.3, 0.4) is 0 Å². The smallest absolute Gasteiger partial charge is 0.319 e. The van der Waals surface area contributed by atoms with Crippen molar-refractivity contribution in [1.82, 2.24) is 15.2 Å². The van der Waals surface area contributed by atoms with E-state index in [0.717, 1.165) is 24.0 Å². The Morgan fingerprint density at radius 1 is 1.16 bits per heavy atom. The Bertz CT molecular complexity index is 1420. The van der Waals surface area contributed by atoms with E-state index in [9.17, 15) is 14.0 Å². The van der Waals surface area contributed by atoms with Crippen LogP contribution in [-0.2, 0) is 4.79 Å². The quantitative estimate of drug-likeness (QED) is 0.430. The fourth-order valence-corrected chi connectivity index (χ4v) is 4.26. The van der Waals surface area contributed by atoms with Crippen molar-refractivity contribution >= 4 is 34.1 Å². The largest absolute Gasteiger partial charge is 0.496 e. The summed E-state index contributed by atoms with van der Waals surface area (Å²) < 4.78 is 26.5. The molecule has 2 aliphatic rings. The second-order valence-corrected chi connectivity index (χ2v) is 8.97. The topological polar surface area (TPSA) is 92.8 Å². The molecule has 9 heteroatoms. The molecule has 0 unspecified atom stereocenters. The van der Waals surface area contributed by atoms with Crippen LogP contribution in [0.4, 0.5) is 14.9 Å². The lowest BCUT2D eigenvalue weighted by molar-refractivity contribution is -0.125. The molecule has 3 amide bonds. The molecule has 2 aromatic carbocycles. The number of carbonyl (C=O) groups excluding carboxylic acids is 2. The Kier molecular flexibility index (Phi) is 6.76. The average Bonchev–Trinajstić information content (AvgIpc) is 3.73. The van der Waals surface area contributed by atoms with Gasteiger partial charge in [-0.3, -0.25) is 9.78 Å². The zero-order valence-corrected chi connectivity index (χ0v) is 20.4. The van der Waals surface area contributed by atoms with Crippen molar-refractivity contribution in [3.05, 3.63) is 72.7 Å². The molecular weight excluding hydrogens is 475 g/mol. The molecule has 1 aromatic heterocycles. The molecule has 5 rings (SSSR count). The molecule has 0 spiro atoms. The van der Waals surface area contributed by atoms with Gasteiger partial charge < -0.3 is 25.0 Å². The lowest BCUT2D eigenvalue weighted by Crippen LogP contribution is -2.33. The first-order chi connectivity index (χ1) is 17.9. The standard InChI is InChI=1S/C28H27FN4O4/c1-3-27(34)33-12-9-17(10-13-33)20-15-21-23(16-26(20)36-2)30-11-8-24(21)37-25-7-6-19(14-22(25)29)32-28(35)31-18-4-5-18/h3,6-9,11,14-16,18H,1,4-5,10,12-13H2,2H3,(H2,31,32,35). The monoisotopic (exact) mass is 502 g/mol. The number of nitrogens with one attached hydrogen (secondary N) is 2. The molecule has 1 aliphatic carbocycles. The first kappa shape index (κ1) is 24.3. The molecule has 0 saturated heterocycles. The van der Waals surface area contributed by atoms with E-state index >= 15 is 0 Å². The summed E-state index contributed by atoms with van der Waals surface area (Å²) in [4.78, 5) is 30.1. The minimum absolute atomic E-state index is 0.0217. The van der Waals surface area contributed by atoms with E-state index in [1.54, 1.807) is 30.3 Å². The zero-order chi connectivity index (χ0) is 25.9. The molecule has 190 valence electrons. The number of hydrogen-bond donors (Lipinski definition) is 2. The molecule has 1 saturated carbocycles. The van der Waals surface area contributed by atoms with Crippen LogP contribution in [-0.4, -0.2) is 48.1 Å². The van der Waals surface area contributed by atoms with Gasteiger partial charge in [-0.25, -0.2) is 9.18 Å². The third-order valence-electron chi connectivity index (χ3n) is 6.39. The first-order valence-electron chi connectivity index (χ1n) is 12.1. The Labute approximate surface area is 213 Å². The van der Waals surface area contributed by atoms with Crippen LogP contribution in [0.15, 0.2) is 61.3 Å². The van der Waals surface area contributed by atoms with Crippen LogP contribution in [0, 0.1) is 5.82 Å². The van der Waals surface area contributed by atoms with Crippen molar-refractivity contribution in [3.8, 4) is 17.2 Å². The summed E-state index contributed by atoms with van der Waals surface area (Å²) in [7, 11) is 1.60. The number of aromatic nitrogens is 1. The molecule has 2 heterocycles. The van der Waals surface area contributed by atoms with E-state index in [4.69, 9.17) is 9.47 Å². The van der Waals surface area contributed by atoms with Crippen LogP contribution in [0.1, 0.15) is 24.8 Å². The minimum Gasteiger partial charge on any atom is -0.496 e.